The molecule has 0 bridgehead atoms. The van der Waals surface area contributed by atoms with Gasteiger partial charge in [-0.2, -0.15) is 0 Å². The fourth-order valence-corrected chi connectivity index (χ4v) is 2.15. The van der Waals surface area contributed by atoms with Crippen LogP contribution in [0.25, 0.3) is 0 Å². The van der Waals surface area contributed by atoms with E-state index in [0.717, 1.165) is 23.5 Å². The molecule has 22 heavy (non-hydrogen) atoms. The topological polar surface area (TPSA) is 50.7 Å². The molecule has 0 amide bonds. The van der Waals surface area contributed by atoms with E-state index in [4.69, 9.17) is 9.47 Å². The van der Waals surface area contributed by atoms with Crippen LogP contribution in [0.2, 0.25) is 0 Å². The summed E-state index contributed by atoms with van der Waals surface area (Å²) in [7, 11) is 3.51. The Morgan fingerprint density at radius 3 is 2.09 bits per heavy atom. The number of hydrogen-bond acceptors (Lipinski definition) is 4. The maximum Gasteiger partial charge on any atom is 0.119 e. The molecule has 0 heterocycles. The molecule has 2 aromatic rings. The monoisotopic (exact) mass is 301 g/mol. The highest BCUT2D eigenvalue weighted by Crippen LogP contribution is 2.17. The van der Waals surface area contributed by atoms with Crippen LogP contribution in [0.5, 0.6) is 11.5 Å². The van der Waals surface area contributed by atoms with E-state index < -0.39 is 0 Å². The minimum Gasteiger partial charge on any atom is -0.497 e. The molecule has 4 heteroatoms. The van der Waals surface area contributed by atoms with E-state index >= 15 is 0 Å². The summed E-state index contributed by atoms with van der Waals surface area (Å²) in [5.74, 6) is 1.68. The second kappa shape index (κ2) is 8.41. The third-order valence-electron chi connectivity index (χ3n) is 3.60. The van der Waals surface area contributed by atoms with Gasteiger partial charge in [0, 0.05) is 6.04 Å². The quantitative estimate of drug-likeness (QED) is 0.786. The number of aliphatic hydroxyl groups is 1. The van der Waals surface area contributed by atoms with Crippen molar-refractivity contribution in [3.05, 3.63) is 59.7 Å². The minimum atomic E-state index is 0.0890. The number of likely N-dealkylation sites (N-methyl/N-ethyl adjacent to an activating group) is 1. The predicted molar refractivity (Wildman–Crippen MR) is 87.4 cm³/mol. The molecule has 0 radical (unpaired) electrons. The van der Waals surface area contributed by atoms with Crippen LogP contribution < -0.4 is 14.8 Å². The highest BCUT2D eigenvalue weighted by molar-refractivity contribution is 5.30. The Bertz CT molecular complexity index is 548. The van der Waals surface area contributed by atoms with Gasteiger partial charge in [0.05, 0.1) is 13.7 Å². The van der Waals surface area contributed by atoms with Gasteiger partial charge in [-0.3, -0.25) is 0 Å². The van der Waals surface area contributed by atoms with Crippen LogP contribution in [0.15, 0.2) is 48.5 Å². The van der Waals surface area contributed by atoms with E-state index in [1.54, 1.807) is 7.11 Å². The average molecular weight is 301 g/mol. The van der Waals surface area contributed by atoms with Crippen molar-refractivity contribution >= 4 is 0 Å². The number of hydrogen-bond donors (Lipinski definition) is 2. The maximum absolute atomic E-state index is 9.19. The molecule has 0 unspecified atom stereocenters. The van der Waals surface area contributed by atoms with Gasteiger partial charge in [-0.15, -0.1) is 0 Å². The lowest BCUT2D eigenvalue weighted by Crippen LogP contribution is -2.31. The number of ether oxygens (including phenoxy) is 2. The number of methoxy groups -OCH3 is 1. The molecule has 0 aliphatic heterocycles. The first-order chi connectivity index (χ1) is 10.7. The zero-order valence-electron chi connectivity index (χ0n) is 13.1. The Balaban J connectivity index is 1.87. The molecule has 0 spiro atoms. The summed E-state index contributed by atoms with van der Waals surface area (Å²) in [5.41, 5.74) is 2.27. The summed E-state index contributed by atoms with van der Waals surface area (Å²) in [4.78, 5) is 0. The van der Waals surface area contributed by atoms with E-state index in [2.05, 4.69) is 5.32 Å². The number of benzene rings is 2. The van der Waals surface area contributed by atoms with Gasteiger partial charge in [-0.25, -0.2) is 0 Å². The normalized spacial score (nSPS) is 12.0. The highest BCUT2D eigenvalue weighted by atomic mass is 16.5. The lowest BCUT2D eigenvalue weighted by atomic mass is 10.1. The Morgan fingerprint density at radius 2 is 1.55 bits per heavy atom. The molecule has 0 aromatic heterocycles. The minimum absolute atomic E-state index is 0.0890. The summed E-state index contributed by atoms with van der Waals surface area (Å²) >= 11 is 0. The lowest BCUT2D eigenvalue weighted by molar-refractivity contribution is 0.248. The molecule has 118 valence electrons. The first kappa shape index (κ1) is 16.3. The van der Waals surface area contributed by atoms with Crippen molar-refractivity contribution in [2.75, 3.05) is 20.8 Å². The second-order valence-corrected chi connectivity index (χ2v) is 5.15. The summed E-state index contributed by atoms with van der Waals surface area (Å²) in [6.45, 7) is 0.658. The van der Waals surface area contributed by atoms with E-state index in [9.17, 15) is 5.11 Å². The van der Waals surface area contributed by atoms with E-state index in [1.807, 2.05) is 55.6 Å². The largest absolute Gasteiger partial charge is 0.497 e. The van der Waals surface area contributed by atoms with Crippen molar-refractivity contribution in [1.82, 2.24) is 5.32 Å². The van der Waals surface area contributed by atoms with Crippen LogP contribution in [0.1, 0.15) is 11.1 Å². The Hall–Kier alpha value is -2.04. The van der Waals surface area contributed by atoms with Gasteiger partial charge < -0.3 is 19.9 Å². The fourth-order valence-electron chi connectivity index (χ4n) is 2.15. The molecule has 0 fully saturated rings. The number of rotatable bonds is 8. The van der Waals surface area contributed by atoms with Crippen molar-refractivity contribution in [2.24, 2.45) is 0 Å². The molecule has 4 nitrogen and oxygen atoms in total. The summed E-state index contributed by atoms with van der Waals surface area (Å²) < 4.78 is 10.9. The van der Waals surface area contributed by atoms with Crippen LogP contribution in [0, 0.1) is 0 Å². The molecular weight excluding hydrogens is 278 g/mol. The zero-order chi connectivity index (χ0) is 15.8. The molecule has 2 aromatic carbocycles. The first-order valence-electron chi connectivity index (χ1n) is 7.38. The third kappa shape index (κ3) is 4.76. The molecule has 0 saturated carbocycles. The van der Waals surface area contributed by atoms with Crippen molar-refractivity contribution in [3.8, 4) is 11.5 Å². The van der Waals surface area contributed by atoms with Crippen LogP contribution >= 0.6 is 0 Å². The Labute approximate surface area is 131 Å². The second-order valence-electron chi connectivity index (χ2n) is 5.15. The Morgan fingerprint density at radius 1 is 0.955 bits per heavy atom. The van der Waals surface area contributed by atoms with Crippen molar-refractivity contribution in [1.29, 1.82) is 0 Å². The number of aliphatic hydroxyl groups excluding tert-OH is 1. The Kier molecular flexibility index (Phi) is 6.25. The van der Waals surface area contributed by atoms with Crippen LogP contribution in [-0.2, 0) is 13.0 Å². The summed E-state index contributed by atoms with van der Waals surface area (Å²) in [5, 5.41) is 12.3. The van der Waals surface area contributed by atoms with Crippen LogP contribution in [0.3, 0.4) is 0 Å². The van der Waals surface area contributed by atoms with Gasteiger partial charge in [-0.05, 0) is 48.9 Å². The zero-order valence-corrected chi connectivity index (χ0v) is 13.1. The molecule has 0 aliphatic carbocycles. The number of nitrogens with one attached hydrogen (secondary N) is 1. The van der Waals surface area contributed by atoms with Crippen molar-refractivity contribution in [3.63, 3.8) is 0 Å². The summed E-state index contributed by atoms with van der Waals surface area (Å²) in [6.07, 6.45) is 0.797. The summed E-state index contributed by atoms with van der Waals surface area (Å²) in [6, 6.07) is 15.9. The van der Waals surface area contributed by atoms with Crippen LogP contribution in [-0.4, -0.2) is 31.9 Å². The van der Waals surface area contributed by atoms with E-state index in [0.29, 0.717) is 6.61 Å². The van der Waals surface area contributed by atoms with Crippen molar-refractivity contribution < 1.29 is 14.6 Å². The third-order valence-corrected chi connectivity index (χ3v) is 3.60. The van der Waals surface area contributed by atoms with Gasteiger partial charge >= 0.3 is 0 Å². The highest BCUT2D eigenvalue weighted by Gasteiger charge is 2.05. The van der Waals surface area contributed by atoms with Gasteiger partial charge in [-0.1, -0.05) is 24.3 Å². The molecular formula is C18H23NO3. The average Bonchev–Trinajstić information content (AvgIpc) is 2.59. The van der Waals surface area contributed by atoms with Gasteiger partial charge in [0.15, 0.2) is 0 Å². The van der Waals surface area contributed by atoms with E-state index in [-0.39, 0.29) is 12.6 Å². The van der Waals surface area contributed by atoms with Gasteiger partial charge in [0.25, 0.3) is 0 Å². The van der Waals surface area contributed by atoms with Gasteiger partial charge in [0.1, 0.15) is 18.1 Å². The van der Waals surface area contributed by atoms with Crippen molar-refractivity contribution in [2.45, 2.75) is 19.1 Å². The molecule has 1 atom stereocenters. The van der Waals surface area contributed by atoms with Gasteiger partial charge in [0.2, 0.25) is 0 Å². The molecule has 0 aliphatic rings. The maximum atomic E-state index is 9.19. The smallest absolute Gasteiger partial charge is 0.119 e. The lowest BCUT2D eigenvalue weighted by Gasteiger charge is -2.13. The van der Waals surface area contributed by atoms with Crippen LogP contribution in [0.4, 0.5) is 0 Å². The molecule has 2 N–H and O–H groups in total. The SMILES string of the molecule is CN[C@H](CO)Cc1ccc(OCc2ccc(OC)cc2)cc1. The molecule has 0 saturated heterocycles. The first-order valence-corrected chi connectivity index (χ1v) is 7.38. The van der Waals surface area contributed by atoms with E-state index in [1.165, 1.54) is 5.56 Å². The fraction of sp³-hybridized carbons (Fsp3) is 0.333. The predicted octanol–water partition coefficient (Wildman–Crippen LogP) is 2.40. The standard InChI is InChI=1S/C18H23NO3/c1-19-16(12-20)11-14-3-9-18(10-4-14)22-13-15-5-7-17(21-2)8-6-15/h3-10,16,19-20H,11-13H2,1-2H3/t16-/m0/s1. The molecule has 2 rings (SSSR count).